The highest BCUT2D eigenvalue weighted by atomic mass is 32.1. The van der Waals surface area contributed by atoms with Crippen LogP contribution in [0.1, 0.15) is 29.3 Å². The molecule has 6 heteroatoms. The van der Waals surface area contributed by atoms with Crippen LogP contribution in [0.5, 0.6) is 0 Å². The van der Waals surface area contributed by atoms with Crippen LogP contribution in [0, 0.1) is 6.92 Å². The molecule has 1 aliphatic rings. The Hall–Kier alpha value is -2.57. The van der Waals surface area contributed by atoms with Gasteiger partial charge in [0, 0.05) is 17.8 Å². The molecule has 1 saturated heterocycles. The molecule has 4 aromatic rings. The summed E-state index contributed by atoms with van der Waals surface area (Å²) in [6.45, 7) is 4.22. The lowest BCUT2D eigenvalue weighted by Crippen LogP contribution is -2.29. The van der Waals surface area contributed by atoms with E-state index in [2.05, 4.69) is 29.1 Å². The summed E-state index contributed by atoms with van der Waals surface area (Å²) in [6, 6.07) is 11.8. The zero-order valence-corrected chi connectivity index (χ0v) is 16.9. The van der Waals surface area contributed by atoms with Gasteiger partial charge in [-0.2, -0.15) is 0 Å². The number of likely N-dealkylation sites (tertiary alicyclic amines) is 1. The largest absolute Gasteiger partial charge is 0.306 e. The molecule has 142 valence electrons. The normalized spacial score (nSPS) is 16.2. The lowest BCUT2D eigenvalue weighted by atomic mass is 9.91. The first-order chi connectivity index (χ1) is 13.6. The van der Waals surface area contributed by atoms with Crippen LogP contribution in [-0.4, -0.2) is 39.4 Å². The van der Waals surface area contributed by atoms with Crippen molar-refractivity contribution in [3.05, 3.63) is 63.5 Å². The minimum Gasteiger partial charge on any atom is -0.306 e. The van der Waals surface area contributed by atoms with E-state index in [0.717, 1.165) is 46.7 Å². The Bertz CT molecular complexity index is 1230. The van der Waals surface area contributed by atoms with Gasteiger partial charge in [0.2, 0.25) is 0 Å². The third-order valence-corrected chi connectivity index (χ3v) is 6.60. The van der Waals surface area contributed by atoms with Crippen LogP contribution in [0.2, 0.25) is 0 Å². The highest BCUT2D eigenvalue weighted by Gasteiger charge is 2.19. The summed E-state index contributed by atoms with van der Waals surface area (Å²) in [5.74, 6) is 0.518. The Kier molecular flexibility index (Phi) is 4.25. The molecule has 3 aromatic heterocycles. The molecule has 5 rings (SSSR count). The van der Waals surface area contributed by atoms with Crippen molar-refractivity contribution in [2.45, 2.75) is 25.7 Å². The lowest BCUT2D eigenvalue weighted by molar-refractivity contribution is 0.255. The van der Waals surface area contributed by atoms with Crippen molar-refractivity contribution in [2.24, 2.45) is 0 Å². The predicted molar refractivity (Wildman–Crippen MR) is 114 cm³/mol. The molecule has 0 amide bonds. The molecule has 5 nitrogen and oxygen atoms in total. The summed E-state index contributed by atoms with van der Waals surface area (Å²) >= 11 is 1.66. The van der Waals surface area contributed by atoms with Gasteiger partial charge in [0.25, 0.3) is 5.56 Å². The molecule has 0 N–H and O–H groups in total. The Balaban J connectivity index is 1.54. The van der Waals surface area contributed by atoms with Crippen LogP contribution in [-0.2, 0) is 0 Å². The molecule has 0 saturated carbocycles. The summed E-state index contributed by atoms with van der Waals surface area (Å²) in [5.41, 5.74) is 4.56. The zero-order valence-electron chi connectivity index (χ0n) is 16.1. The zero-order chi connectivity index (χ0) is 19.3. The van der Waals surface area contributed by atoms with Gasteiger partial charge in [0.05, 0.1) is 20.9 Å². The van der Waals surface area contributed by atoms with Gasteiger partial charge in [-0.05, 0) is 69.6 Å². The van der Waals surface area contributed by atoms with E-state index in [1.165, 1.54) is 5.56 Å². The van der Waals surface area contributed by atoms with Gasteiger partial charge in [-0.25, -0.2) is 9.97 Å². The summed E-state index contributed by atoms with van der Waals surface area (Å²) < 4.78 is 2.81. The van der Waals surface area contributed by atoms with Crippen molar-refractivity contribution in [1.29, 1.82) is 0 Å². The van der Waals surface area contributed by atoms with E-state index in [0.29, 0.717) is 17.3 Å². The topological polar surface area (TPSA) is 50.5 Å². The fourth-order valence-corrected chi connectivity index (χ4v) is 4.92. The van der Waals surface area contributed by atoms with E-state index in [1.54, 1.807) is 21.8 Å². The number of piperidine rings is 1. The number of thiazole rings is 1. The number of nitrogens with zero attached hydrogens (tertiary/aromatic N) is 4. The van der Waals surface area contributed by atoms with Crippen LogP contribution in [0.3, 0.4) is 0 Å². The molecule has 1 aliphatic heterocycles. The second kappa shape index (κ2) is 6.79. The molecule has 0 bridgehead atoms. The average Bonchev–Trinajstić information content (AvgIpc) is 3.07. The molecular weight excluding hydrogens is 368 g/mol. The number of aromatic nitrogens is 3. The summed E-state index contributed by atoms with van der Waals surface area (Å²) in [5, 5.41) is 1.04. The molecule has 0 atom stereocenters. The molecule has 1 fully saturated rings. The second-order valence-electron chi connectivity index (χ2n) is 7.66. The number of fused-ring (bicyclic) bond motifs is 2. The van der Waals surface area contributed by atoms with Crippen LogP contribution >= 0.6 is 11.3 Å². The van der Waals surface area contributed by atoms with Crippen LogP contribution in [0.15, 0.2) is 47.4 Å². The summed E-state index contributed by atoms with van der Waals surface area (Å²) in [6.07, 6.45) is 4.26. The maximum atomic E-state index is 12.8. The van der Waals surface area contributed by atoms with Crippen LogP contribution in [0.4, 0.5) is 0 Å². The first-order valence-corrected chi connectivity index (χ1v) is 10.5. The Morgan fingerprint density at radius 3 is 2.71 bits per heavy atom. The highest BCUT2D eigenvalue weighted by molar-refractivity contribution is 7.18. The Morgan fingerprint density at radius 2 is 1.89 bits per heavy atom. The second-order valence-corrected chi connectivity index (χ2v) is 8.90. The SMILES string of the molecule is Cc1nc2ccc(-c3cc(=O)n4cc(C5CCN(C)CC5)ccc4n3)cc2s1. The number of aryl methyl sites for hydroxylation is 1. The first kappa shape index (κ1) is 17.5. The van der Waals surface area contributed by atoms with Crippen LogP contribution < -0.4 is 5.56 Å². The molecule has 0 unspecified atom stereocenters. The van der Waals surface area contributed by atoms with E-state index >= 15 is 0 Å². The maximum Gasteiger partial charge on any atom is 0.258 e. The van der Waals surface area contributed by atoms with E-state index in [4.69, 9.17) is 4.98 Å². The quantitative estimate of drug-likeness (QED) is 0.517. The third kappa shape index (κ3) is 3.12. The number of pyridine rings is 1. The Morgan fingerprint density at radius 1 is 1.07 bits per heavy atom. The summed E-state index contributed by atoms with van der Waals surface area (Å²) in [7, 11) is 2.16. The third-order valence-electron chi connectivity index (χ3n) is 5.66. The van der Waals surface area contributed by atoms with E-state index < -0.39 is 0 Å². The molecule has 0 spiro atoms. The van der Waals surface area contributed by atoms with Crippen molar-refractivity contribution in [3.8, 4) is 11.3 Å². The minimum absolute atomic E-state index is 0.0321. The first-order valence-electron chi connectivity index (χ1n) is 9.66. The van der Waals surface area contributed by atoms with Gasteiger partial charge >= 0.3 is 0 Å². The molecular formula is C22H22N4OS. The lowest BCUT2D eigenvalue weighted by Gasteiger charge is -2.29. The monoisotopic (exact) mass is 390 g/mol. The molecule has 1 aromatic carbocycles. The fraction of sp³-hybridized carbons (Fsp3) is 0.318. The predicted octanol–water partition coefficient (Wildman–Crippen LogP) is 4.09. The standard InChI is InChI=1S/C22H22N4OS/c1-14-23-18-5-3-16(11-20(18)28-14)19-12-22(27)26-13-17(4-6-21(26)24-19)15-7-9-25(2)10-8-15/h3-6,11-13,15H,7-10H2,1-2H3. The Labute approximate surface area is 167 Å². The maximum absolute atomic E-state index is 12.8. The minimum atomic E-state index is -0.0321. The van der Waals surface area contributed by atoms with E-state index in [-0.39, 0.29) is 5.56 Å². The highest BCUT2D eigenvalue weighted by Crippen LogP contribution is 2.29. The van der Waals surface area contributed by atoms with Crippen LogP contribution in [0.25, 0.3) is 27.1 Å². The number of hydrogen-bond acceptors (Lipinski definition) is 5. The molecule has 28 heavy (non-hydrogen) atoms. The van der Waals surface area contributed by atoms with Gasteiger partial charge in [-0.1, -0.05) is 12.1 Å². The smallest absolute Gasteiger partial charge is 0.258 e. The molecule has 0 radical (unpaired) electrons. The average molecular weight is 391 g/mol. The number of rotatable bonds is 2. The van der Waals surface area contributed by atoms with Crippen molar-refractivity contribution in [2.75, 3.05) is 20.1 Å². The van der Waals surface area contributed by atoms with Gasteiger partial charge in [0.1, 0.15) is 5.65 Å². The molecule has 0 aliphatic carbocycles. The number of benzene rings is 1. The number of hydrogen-bond donors (Lipinski definition) is 0. The van der Waals surface area contributed by atoms with Gasteiger partial charge < -0.3 is 4.90 Å². The van der Waals surface area contributed by atoms with Gasteiger partial charge in [0.15, 0.2) is 0 Å². The van der Waals surface area contributed by atoms with Gasteiger partial charge in [-0.3, -0.25) is 9.20 Å². The van der Waals surface area contributed by atoms with Crippen molar-refractivity contribution in [3.63, 3.8) is 0 Å². The van der Waals surface area contributed by atoms with Crippen molar-refractivity contribution in [1.82, 2.24) is 19.3 Å². The van der Waals surface area contributed by atoms with Crippen molar-refractivity contribution < 1.29 is 0 Å². The van der Waals surface area contributed by atoms with Crippen molar-refractivity contribution >= 4 is 27.2 Å². The van der Waals surface area contributed by atoms with E-state index in [1.807, 2.05) is 31.3 Å². The molecule has 4 heterocycles. The van der Waals surface area contributed by atoms with Gasteiger partial charge in [-0.15, -0.1) is 11.3 Å². The summed E-state index contributed by atoms with van der Waals surface area (Å²) in [4.78, 5) is 24.5. The fourth-order valence-electron chi connectivity index (χ4n) is 4.05. The van der Waals surface area contributed by atoms with E-state index in [9.17, 15) is 4.79 Å².